The van der Waals surface area contributed by atoms with Crippen molar-refractivity contribution < 1.29 is 4.74 Å². The van der Waals surface area contributed by atoms with Crippen LogP contribution in [0.5, 0.6) is 5.75 Å². The monoisotopic (exact) mass is 311 g/mol. The molecule has 0 spiro atoms. The van der Waals surface area contributed by atoms with Gasteiger partial charge in [0.15, 0.2) is 0 Å². The van der Waals surface area contributed by atoms with Gasteiger partial charge in [-0.25, -0.2) is 0 Å². The maximum atomic E-state index is 6.38. The fourth-order valence-corrected chi connectivity index (χ4v) is 2.94. The molecule has 0 saturated carbocycles. The van der Waals surface area contributed by atoms with Crippen molar-refractivity contribution in [1.82, 2.24) is 0 Å². The summed E-state index contributed by atoms with van der Waals surface area (Å²) in [6.45, 7) is 11.4. The first kappa shape index (κ1) is 18.3. The molecule has 0 saturated heterocycles. The Balaban J connectivity index is 3.06. The van der Waals surface area contributed by atoms with Crippen LogP contribution < -0.4 is 10.5 Å². The zero-order valence-electron chi connectivity index (χ0n) is 14.1. The predicted octanol–water partition coefficient (Wildman–Crippen LogP) is 5.37. The molecule has 120 valence electrons. The van der Waals surface area contributed by atoms with Crippen molar-refractivity contribution in [1.29, 1.82) is 0 Å². The minimum atomic E-state index is 0.285. The van der Waals surface area contributed by atoms with E-state index in [4.69, 9.17) is 22.1 Å². The molecule has 2 nitrogen and oxygen atoms in total. The number of aryl methyl sites for hydroxylation is 1. The Labute approximate surface area is 135 Å². The molecule has 21 heavy (non-hydrogen) atoms. The van der Waals surface area contributed by atoms with Crippen LogP contribution in [-0.2, 0) is 0 Å². The summed E-state index contributed by atoms with van der Waals surface area (Å²) in [5, 5.41) is 0.831. The van der Waals surface area contributed by atoms with E-state index in [1.807, 2.05) is 6.07 Å². The van der Waals surface area contributed by atoms with E-state index >= 15 is 0 Å². The summed E-state index contributed by atoms with van der Waals surface area (Å²) in [4.78, 5) is 0. The van der Waals surface area contributed by atoms with Crippen LogP contribution in [0, 0.1) is 13.8 Å². The fraction of sp³-hybridized carbons (Fsp3) is 0.667. The first-order valence-corrected chi connectivity index (χ1v) is 8.48. The minimum absolute atomic E-state index is 0.285. The Kier molecular flexibility index (Phi) is 7.55. The van der Waals surface area contributed by atoms with Crippen molar-refractivity contribution in [2.45, 2.75) is 72.3 Å². The van der Waals surface area contributed by atoms with Crippen LogP contribution in [0.15, 0.2) is 6.07 Å². The molecule has 2 unspecified atom stereocenters. The summed E-state index contributed by atoms with van der Waals surface area (Å²) in [7, 11) is 0. The average molecular weight is 312 g/mol. The standard InChI is InChI=1S/C18H30ClNO/c1-6-10-21-18-13(4)11-16(19)14(5)17(18)12(3)8-9-15(20)7-2/h11-12,15H,6-10,20H2,1-5H3. The van der Waals surface area contributed by atoms with E-state index in [-0.39, 0.29) is 6.04 Å². The van der Waals surface area contributed by atoms with Crippen LogP contribution in [0.4, 0.5) is 0 Å². The molecule has 0 heterocycles. The molecule has 2 atom stereocenters. The summed E-state index contributed by atoms with van der Waals surface area (Å²) in [5.74, 6) is 1.43. The van der Waals surface area contributed by atoms with E-state index in [1.165, 1.54) is 5.56 Å². The van der Waals surface area contributed by atoms with Gasteiger partial charge in [-0.3, -0.25) is 0 Å². The number of hydrogen-bond donors (Lipinski definition) is 1. The molecule has 0 aliphatic heterocycles. The van der Waals surface area contributed by atoms with Crippen LogP contribution in [-0.4, -0.2) is 12.6 Å². The van der Waals surface area contributed by atoms with Gasteiger partial charge >= 0.3 is 0 Å². The van der Waals surface area contributed by atoms with Gasteiger partial charge in [-0.15, -0.1) is 0 Å². The lowest BCUT2D eigenvalue weighted by molar-refractivity contribution is 0.309. The van der Waals surface area contributed by atoms with E-state index in [2.05, 4.69) is 34.6 Å². The number of rotatable bonds is 8. The molecule has 0 radical (unpaired) electrons. The normalized spacial score (nSPS) is 14.0. The van der Waals surface area contributed by atoms with Gasteiger partial charge < -0.3 is 10.5 Å². The SMILES string of the molecule is CCCOc1c(C)cc(Cl)c(C)c1C(C)CCC(N)CC. The average Bonchev–Trinajstić information content (AvgIpc) is 2.46. The molecule has 0 aliphatic carbocycles. The van der Waals surface area contributed by atoms with E-state index in [9.17, 15) is 0 Å². The van der Waals surface area contributed by atoms with Gasteiger partial charge in [0.05, 0.1) is 6.61 Å². The molecule has 2 N–H and O–H groups in total. The third kappa shape index (κ3) is 4.89. The number of hydrogen-bond acceptors (Lipinski definition) is 2. The second kappa shape index (κ2) is 8.65. The van der Waals surface area contributed by atoms with Gasteiger partial charge in [0, 0.05) is 16.6 Å². The lowest BCUT2D eigenvalue weighted by atomic mass is 9.88. The number of benzene rings is 1. The quantitative estimate of drug-likeness (QED) is 0.700. The maximum absolute atomic E-state index is 6.38. The second-order valence-electron chi connectivity index (χ2n) is 6.04. The minimum Gasteiger partial charge on any atom is -0.493 e. The van der Waals surface area contributed by atoms with Crippen molar-refractivity contribution in [3.8, 4) is 5.75 Å². The van der Waals surface area contributed by atoms with Crippen LogP contribution in [0.25, 0.3) is 0 Å². The zero-order chi connectivity index (χ0) is 16.0. The molecule has 1 aromatic carbocycles. The third-order valence-electron chi connectivity index (χ3n) is 4.15. The van der Waals surface area contributed by atoms with Crippen LogP contribution >= 0.6 is 11.6 Å². The van der Waals surface area contributed by atoms with Crippen molar-refractivity contribution in [3.63, 3.8) is 0 Å². The molecule has 1 aromatic rings. The van der Waals surface area contributed by atoms with E-state index in [0.29, 0.717) is 5.92 Å². The summed E-state index contributed by atoms with van der Waals surface area (Å²) in [6.07, 6.45) is 4.14. The second-order valence-corrected chi connectivity index (χ2v) is 6.45. The highest BCUT2D eigenvalue weighted by atomic mass is 35.5. The molecule has 0 aliphatic rings. The van der Waals surface area contributed by atoms with Crippen LogP contribution in [0.1, 0.15) is 69.1 Å². The zero-order valence-corrected chi connectivity index (χ0v) is 14.9. The molecular weight excluding hydrogens is 282 g/mol. The van der Waals surface area contributed by atoms with Gasteiger partial charge in [-0.2, -0.15) is 0 Å². The highest BCUT2D eigenvalue weighted by molar-refractivity contribution is 6.31. The maximum Gasteiger partial charge on any atom is 0.126 e. The Morgan fingerprint density at radius 1 is 1.24 bits per heavy atom. The summed E-state index contributed by atoms with van der Waals surface area (Å²) in [6, 6.07) is 2.30. The Bertz CT molecular complexity index is 459. The molecule has 0 fully saturated rings. The Morgan fingerprint density at radius 3 is 2.48 bits per heavy atom. The predicted molar refractivity (Wildman–Crippen MR) is 92.6 cm³/mol. The molecule has 0 bridgehead atoms. The van der Waals surface area contributed by atoms with Gasteiger partial charge in [-0.1, -0.05) is 32.4 Å². The van der Waals surface area contributed by atoms with Gasteiger partial charge in [-0.05, 0) is 62.6 Å². The van der Waals surface area contributed by atoms with Crippen molar-refractivity contribution in [2.75, 3.05) is 6.61 Å². The summed E-state index contributed by atoms with van der Waals surface area (Å²) in [5.41, 5.74) is 9.59. The lowest BCUT2D eigenvalue weighted by Gasteiger charge is -2.23. The van der Waals surface area contributed by atoms with E-state index in [1.54, 1.807) is 0 Å². The smallest absolute Gasteiger partial charge is 0.126 e. The van der Waals surface area contributed by atoms with E-state index < -0.39 is 0 Å². The number of halogens is 1. The Hall–Kier alpha value is -0.730. The third-order valence-corrected chi connectivity index (χ3v) is 4.54. The summed E-state index contributed by atoms with van der Waals surface area (Å²) < 4.78 is 6.02. The molecule has 1 rings (SSSR count). The van der Waals surface area contributed by atoms with Crippen molar-refractivity contribution >= 4 is 11.6 Å². The van der Waals surface area contributed by atoms with Crippen LogP contribution in [0.3, 0.4) is 0 Å². The lowest BCUT2D eigenvalue weighted by Crippen LogP contribution is -2.19. The molecule has 0 amide bonds. The van der Waals surface area contributed by atoms with Gasteiger partial charge in [0.25, 0.3) is 0 Å². The number of nitrogens with two attached hydrogens (primary N) is 1. The summed E-state index contributed by atoms with van der Waals surface area (Å²) >= 11 is 6.38. The Morgan fingerprint density at radius 2 is 1.90 bits per heavy atom. The van der Waals surface area contributed by atoms with Crippen molar-refractivity contribution in [2.24, 2.45) is 5.73 Å². The first-order chi connectivity index (χ1) is 9.92. The highest BCUT2D eigenvalue weighted by Gasteiger charge is 2.19. The molecule has 0 aromatic heterocycles. The highest BCUT2D eigenvalue weighted by Crippen LogP contribution is 2.39. The van der Waals surface area contributed by atoms with Gasteiger partial charge in [0.1, 0.15) is 5.75 Å². The molecule has 3 heteroatoms. The fourth-order valence-electron chi connectivity index (χ4n) is 2.68. The first-order valence-electron chi connectivity index (χ1n) is 8.10. The topological polar surface area (TPSA) is 35.2 Å². The van der Waals surface area contributed by atoms with E-state index in [0.717, 1.165) is 54.2 Å². The van der Waals surface area contributed by atoms with Crippen molar-refractivity contribution in [3.05, 3.63) is 27.8 Å². The molecular formula is C18H30ClNO. The van der Waals surface area contributed by atoms with Gasteiger partial charge in [0.2, 0.25) is 0 Å². The largest absolute Gasteiger partial charge is 0.493 e. The number of ether oxygens (including phenoxy) is 1. The van der Waals surface area contributed by atoms with Crippen LogP contribution in [0.2, 0.25) is 5.02 Å².